The van der Waals surface area contributed by atoms with Gasteiger partial charge in [0.25, 0.3) is 15.9 Å². The SMILES string of the molecule is O=C(NCc1ccc(N2CCCC2=O)cc1)c1ccc(NS(=O)(=O)c2ccc(F)cc2)cc1. The molecule has 0 aromatic heterocycles. The molecular formula is C24H22FN3O4S. The van der Waals surface area contributed by atoms with Crippen molar-refractivity contribution in [1.82, 2.24) is 5.32 Å². The second-order valence-corrected chi connectivity index (χ2v) is 9.32. The molecule has 3 aromatic rings. The summed E-state index contributed by atoms with van der Waals surface area (Å²) >= 11 is 0. The summed E-state index contributed by atoms with van der Waals surface area (Å²) in [6, 6.07) is 18.0. The van der Waals surface area contributed by atoms with E-state index in [0.717, 1.165) is 36.3 Å². The summed E-state index contributed by atoms with van der Waals surface area (Å²) in [4.78, 5) is 26.0. The smallest absolute Gasteiger partial charge is 0.261 e. The van der Waals surface area contributed by atoms with Crippen molar-refractivity contribution in [2.75, 3.05) is 16.2 Å². The van der Waals surface area contributed by atoms with Crippen molar-refractivity contribution < 1.29 is 22.4 Å². The number of sulfonamides is 1. The van der Waals surface area contributed by atoms with Crippen LogP contribution in [-0.2, 0) is 21.4 Å². The van der Waals surface area contributed by atoms with Gasteiger partial charge in [-0.25, -0.2) is 12.8 Å². The molecule has 170 valence electrons. The Labute approximate surface area is 191 Å². The number of rotatable bonds is 7. The predicted octanol–water partition coefficient (Wildman–Crippen LogP) is 3.68. The Morgan fingerprint density at radius 2 is 1.61 bits per heavy atom. The van der Waals surface area contributed by atoms with Crippen molar-refractivity contribution >= 4 is 33.2 Å². The second-order valence-electron chi connectivity index (χ2n) is 7.63. The first-order valence-corrected chi connectivity index (χ1v) is 11.9. The Hall–Kier alpha value is -3.72. The van der Waals surface area contributed by atoms with E-state index in [0.29, 0.717) is 18.5 Å². The molecule has 0 bridgehead atoms. The molecule has 1 saturated heterocycles. The topological polar surface area (TPSA) is 95.6 Å². The molecule has 1 fully saturated rings. The van der Waals surface area contributed by atoms with E-state index in [1.165, 1.54) is 36.4 Å². The number of benzene rings is 3. The van der Waals surface area contributed by atoms with Gasteiger partial charge in [0.15, 0.2) is 0 Å². The maximum atomic E-state index is 13.0. The number of carbonyl (C=O) groups excluding carboxylic acids is 2. The standard InChI is InChI=1S/C24H22FN3O4S/c25-19-7-13-22(14-8-19)33(31,32)27-20-9-5-18(6-10-20)24(30)26-16-17-3-11-21(12-4-17)28-15-1-2-23(28)29/h3-14,27H,1-2,15-16H2,(H,26,30). The van der Waals surface area contributed by atoms with Crippen LogP contribution in [0.4, 0.5) is 15.8 Å². The summed E-state index contributed by atoms with van der Waals surface area (Å²) < 4.78 is 40.2. The Morgan fingerprint density at radius 3 is 2.21 bits per heavy atom. The second kappa shape index (κ2) is 9.41. The van der Waals surface area contributed by atoms with E-state index in [4.69, 9.17) is 0 Å². The van der Waals surface area contributed by atoms with Crippen LogP contribution in [0.15, 0.2) is 77.7 Å². The number of halogens is 1. The van der Waals surface area contributed by atoms with Gasteiger partial charge < -0.3 is 10.2 Å². The van der Waals surface area contributed by atoms with Gasteiger partial charge in [-0.1, -0.05) is 12.1 Å². The van der Waals surface area contributed by atoms with E-state index in [1.54, 1.807) is 4.90 Å². The minimum Gasteiger partial charge on any atom is -0.348 e. The first kappa shape index (κ1) is 22.5. The highest BCUT2D eigenvalue weighted by Gasteiger charge is 2.21. The van der Waals surface area contributed by atoms with Crippen molar-refractivity contribution in [3.8, 4) is 0 Å². The molecule has 0 aliphatic carbocycles. The van der Waals surface area contributed by atoms with Gasteiger partial charge in [-0.2, -0.15) is 0 Å². The summed E-state index contributed by atoms with van der Waals surface area (Å²) in [6.07, 6.45) is 1.44. The van der Waals surface area contributed by atoms with E-state index < -0.39 is 15.8 Å². The van der Waals surface area contributed by atoms with Crippen molar-refractivity contribution in [3.63, 3.8) is 0 Å². The number of hydrogen-bond acceptors (Lipinski definition) is 4. The van der Waals surface area contributed by atoms with Gasteiger partial charge in [-0.3, -0.25) is 14.3 Å². The van der Waals surface area contributed by atoms with Gasteiger partial charge in [0.05, 0.1) is 4.90 Å². The molecule has 0 unspecified atom stereocenters. The average Bonchev–Trinajstić information content (AvgIpc) is 3.24. The molecule has 9 heteroatoms. The summed E-state index contributed by atoms with van der Waals surface area (Å²) in [5.41, 5.74) is 2.40. The molecular weight excluding hydrogens is 445 g/mol. The van der Waals surface area contributed by atoms with Gasteiger partial charge >= 0.3 is 0 Å². The zero-order valence-corrected chi connectivity index (χ0v) is 18.4. The fourth-order valence-corrected chi connectivity index (χ4v) is 4.58. The summed E-state index contributed by atoms with van der Waals surface area (Å²) in [6.45, 7) is 1.04. The molecule has 0 radical (unpaired) electrons. The molecule has 1 aliphatic rings. The molecule has 0 atom stereocenters. The van der Waals surface area contributed by atoms with Crippen LogP contribution in [0.5, 0.6) is 0 Å². The third-order valence-electron chi connectivity index (χ3n) is 5.30. The van der Waals surface area contributed by atoms with Gasteiger partial charge in [0.1, 0.15) is 5.82 Å². The third kappa shape index (κ3) is 5.38. The lowest BCUT2D eigenvalue weighted by Crippen LogP contribution is -2.24. The van der Waals surface area contributed by atoms with Crippen LogP contribution in [-0.4, -0.2) is 26.8 Å². The van der Waals surface area contributed by atoms with E-state index in [1.807, 2.05) is 24.3 Å². The number of anilines is 2. The highest BCUT2D eigenvalue weighted by atomic mass is 32.2. The molecule has 2 N–H and O–H groups in total. The molecule has 0 spiro atoms. The maximum Gasteiger partial charge on any atom is 0.261 e. The van der Waals surface area contributed by atoms with Gasteiger partial charge in [0.2, 0.25) is 5.91 Å². The molecule has 0 saturated carbocycles. The molecule has 3 aromatic carbocycles. The van der Waals surface area contributed by atoms with Crippen molar-refractivity contribution in [1.29, 1.82) is 0 Å². The first-order chi connectivity index (χ1) is 15.8. The van der Waals surface area contributed by atoms with Crippen molar-refractivity contribution in [3.05, 3.63) is 89.7 Å². The first-order valence-electron chi connectivity index (χ1n) is 10.4. The van der Waals surface area contributed by atoms with Gasteiger partial charge in [-0.05, 0) is 72.6 Å². The molecule has 1 aliphatic heterocycles. The van der Waals surface area contributed by atoms with Crippen LogP contribution in [0.2, 0.25) is 0 Å². The Bertz CT molecular complexity index is 1260. The summed E-state index contributed by atoms with van der Waals surface area (Å²) in [7, 11) is -3.86. The quantitative estimate of drug-likeness (QED) is 0.554. The summed E-state index contributed by atoms with van der Waals surface area (Å²) in [5.74, 6) is -0.705. The zero-order chi connectivity index (χ0) is 23.4. The van der Waals surface area contributed by atoms with E-state index >= 15 is 0 Å². The Kier molecular flexibility index (Phi) is 6.41. The van der Waals surface area contributed by atoms with Crippen molar-refractivity contribution in [2.45, 2.75) is 24.3 Å². The van der Waals surface area contributed by atoms with Crippen LogP contribution in [0.25, 0.3) is 0 Å². The van der Waals surface area contributed by atoms with Crippen LogP contribution >= 0.6 is 0 Å². The van der Waals surface area contributed by atoms with E-state index in [9.17, 15) is 22.4 Å². The molecule has 2 amide bonds. The van der Waals surface area contributed by atoms with Crippen LogP contribution in [0, 0.1) is 5.82 Å². The highest BCUT2D eigenvalue weighted by molar-refractivity contribution is 7.92. The zero-order valence-electron chi connectivity index (χ0n) is 17.6. The minimum atomic E-state index is -3.86. The number of amides is 2. The number of nitrogens with zero attached hydrogens (tertiary/aromatic N) is 1. The lowest BCUT2D eigenvalue weighted by Gasteiger charge is -2.16. The van der Waals surface area contributed by atoms with Gasteiger partial charge in [0, 0.05) is 36.4 Å². The van der Waals surface area contributed by atoms with Crippen LogP contribution in [0.3, 0.4) is 0 Å². The highest BCUT2D eigenvalue weighted by Crippen LogP contribution is 2.22. The van der Waals surface area contributed by atoms with Gasteiger partial charge in [-0.15, -0.1) is 0 Å². The largest absolute Gasteiger partial charge is 0.348 e. The number of carbonyl (C=O) groups is 2. The molecule has 1 heterocycles. The fourth-order valence-electron chi connectivity index (χ4n) is 3.52. The molecule has 4 rings (SSSR count). The minimum absolute atomic E-state index is 0.0640. The monoisotopic (exact) mass is 467 g/mol. The van der Waals surface area contributed by atoms with E-state index in [2.05, 4.69) is 10.0 Å². The fraction of sp³-hybridized carbons (Fsp3) is 0.167. The van der Waals surface area contributed by atoms with E-state index in [-0.39, 0.29) is 22.4 Å². The summed E-state index contributed by atoms with van der Waals surface area (Å²) in [5, 5.41) is 2.82. The normalized spacial score (nSPS) is 13.7. The predicted molar refractivity (Wildman–Crippen MR) is 123 cm³/mol. The van der Waals surface area contributed by atoms with Crippen molar-refractivity contribution in [2.24, 2.45) is 0 Å². The lowest BCUT2D eigenvalue weighted by atomic mass is 10.1. The lowest BCUT2D eigenvalue weighted by molar-refractivity contribution is -0.117. The van der Waals surface area contributed by atoms with Crippen LogP contribution in [0.1, 0.15) is 28.8 Å². The maximum absolute atomic E-state index is 13.0. The number of hydrogen-bond donors (Lipinski definition) is 2. The number of nitrogens with one attached hydrogen (secondary N) is 2. The average molecular weight is 468 g/mol. The third-order valence-corrected chi connectivity index (χ3v) is 6.69. The molecule has 7 nitrogen and oxygen atoms in total. The molecule has 33 heavy (non-hydrogen) atoms. The Balaban J connectivity index is 1.33. The Morgan fingerprint density at radius 1 is 0.939 bits per heavy atom. The van der Waals surface area contributed by atoms with Crippen LogP contribution < -0.4 is 14.9 Å².